The molecule has 26 heavy (non-hydrogen) atoms. The zero-order chi connectivity index (χ0) is 18.8. The first-order valence-electron chi connectivity index (χ1n) is 8.22. The molecule has 4 nitrogen and oxygen atoms in total. The van der Waals surface area contributed by atoms with Gasteiger partial charge >= 0.3 is 5.97 Å². The SMILES string of the molecule is CCc1cccc2c(C(CC(=O)c3ccc(F)cc3F)C(=O)O)c[nH]c12. The summed E-state index contributed by atoms with van der Waals surface area (Å²) in [6, 6.07) is 8.19. The fourth-order valence-corrected chi connectivity index (χ4v) is 3.16. The Balaban J connectivity index is 1.98. The number of H-pyrrole nitrogens is 1. The van der Waals surface area contributed by atoms with Crippen molar-refractivity contribution in [2.24, 2.45) is 0 Å². The van der Waals surface area contributed by atoms with Gasteiger partial charge in [-0.1, -0.05) is 25.1 Å². The molecule has 2 N–H and O–H groups in total. The van der Waals surface area contributed by atoms with Gasteiger partial charge < -0.3 is 10.1 Å². The van der Waals surface area contributed by atoms with Gasteiger partial charge in [0.05, 0.1) is 11.5 Å². The number of hydrogen-bond acceptors (Lipinski definition) is 2. The molecule has 0 saturated heterocycles. The number of nitrogens with one attached hydrogen (secondary N) is 1. The molecule has 0 amide bonds. The fourth-order valence-electron chi connectivity index (χ4n) is 3.16. The van der Waals surface area contributed by atoms with Crippen molar-refractivity contribution in [3.63, 3.8) is 0 Å². The summed E-state index contributed by atoms with van der Waals surface area (Å²) in [5.41, 5.74) is 2.02. The number of aromatic nitrogens is 1. The first-order valence-corrected chi connectivity index (χ1v) is 8.22. The van der Waals surface area contributed by atoms with Crippen LogP contribution in [0.1, 0.15) is 40.7 Å². The number of aromatic amines is 1. The van der Waals surface area contributed by atoms with Crippen LogP contribution >= 0.6 is 0 Å². The maximum Gasteiger partial charge on any atom is 0.311 e. The van der Waals surface area contributed by atoms with Crippen LogP contribution in [0.25, 0.3) is 10.9 Å². The van der Waals surface area contributed by atoms with E-state index in [0.717, 1.165) is 35.0 Å². The van der Waals surface area contributed by atoms with Crippen LogP contribution in [-0.2, 0) is 11.2 Å². The average Bonchev–Trinajstić information content (AvgIpc) is 3.03. The molecular formula is C20H17F2NO3. The van der Waals surface area contributed by atoms with Crippen LogP contribution in [0.3, 0.4) is 0 Å². The zero-order valence-corrected chi connectivity index (χ0v) is 14.1. The normalized spacial score (nSPS) is 12.3. The molecule has 1 heterocycles. The Hall–Kier alpha value is -3.02. The second kappa shape index (κ2) is 7.07. The summed E-state index contributed by atoms with van der Waals surface area (Å²) in [5, 5.41) is 10.3. The van der Waals surface area contributed by atoms with Gasteiger partial charge in [0.25, 0.3) is 0 Å². The van der Waals surface area contributed by atoms with Gasteiger partial charge in [-0.15, -0.1) is 0 Å². The van der Waals surface area contributed by atoms with Crippen molar-refractivity contribution in [3.05, 3.63) is 70.9 Å². The van der Waals surface area contributed by atoms with Crippen LogP contribution in [0.2, 0.25) is 0 Å². The van der Waals surface area contributed by atoms with Crippen molar-refractivity contribution in [1.29, 1.82) is 0 Å². The number of benzene rings is 2. The quantitative estimate of drug-likeness (QED) is 0.640. The predicted octanol–water partition coefficient (Wildman–Crippen LogP) is 4.45. The number of rotatable bonds is 6. The van der Waals surface area contributed by atoms with Crippen LogP contribution in [0.5, 0.6) is 0 Å². The number of ketones is 1. The Morgan fingerprint density at radius 2 is 1.96 bits per heavy atom. The maximum absolute atomic E-state index is 13.8. The van der Waals surface area contributed by atoms with Crippen molar-refractivity contribution in [2.75, 3.05) is 0 Å². The van der Waals surface area contributed by atoms with Gasteiger partial charge in [-0.2, -0.15) is 0 Å². The number of para-hydroxylation sites is 1. The van der Waals surface area contributed by atoms with Crippen molar-refractivity contribution in [2.45, 2.75) is 25.7 Å². The number of halogens is 2. The number of hydrogen-bond donors (Lipinski definition) is 2. The highest BCUT2D eigenvalue weighted by Crippen LogP contribution is 2.31. The van der Waals surface area contributed by atoms with E-state index < -0.39 is 35.7 Å². The van der Waals surface area contributed by atoms with E-state index in [9.17, 15) is 23.5 Å². The number of aryl methyl sites for hydroxylation is 1. The van der Waals surface area contributed by atoms with Crippen LogP contribution in [0, 0.1) is 11.6 Å². The molecule has 0 aliphatic heterocycles. The second-order valence-corrected chi connectivity index (χ2v) is 6.08. The van der Waals surface area contributed by atoms with Crippen LogP contribution < -0.4 is 0 Å². The number of fused-ring (bicyclic) bond motifs is 1. The van der Waals surface area contributed by atoms with E-state index in [0.29, 0.717) is 11.6 Å². The lowest BCUT2D eigenvalue weighted by Crippen LogP contribution is -2.17. The Morgan fingerprint density at radius 1 is 1.19 bits per heavy atom. The minimum absolute atomic E-state index is 0.313. The summed E-state index contributed by atoms with van der Waals surface area (Å²) in [6.07, 6.45) is 1.94. The Kier molecular flexibility index (Phi) is 4.84. The molecule has 0 aliphatic rings. The molecule has 1 aromatic heterocycles. The molecule has 1 unspecified atom stereocenters. The van der Waals surface area contributed by atoms with E-state index in [2.05, 4.69) is 4.98 Å². The third kappa shape index (κ3) is 3.22. The van der Waals surface area contributed by atoms with Gasteiger partial charge in [0.2, 0.25) is 0 Å². The molecule has 3 aromatic rings. The largest absolute Gasteiger partial charge is 0.481 e. The molecule has 2 aromatic carbocycles. The summed E-state index contributed by atoms with van der Waals surface area (Å²) < 4.78 is 26.9. The minimum atomic E-state index is -1.18. The maximum atomic E-state index is 13.8. The van der Waals surface area contributed by atoms with Crippen LogP contribution in [0.4, 0.5) is 8.78 Å². The summed E-state index contributed by atoms with van der Waals surface area (Å²) in [5.74, 6) is -4.78. The Labute approximate surface area is 148 Å². The number of carbonyl (C=O) groups excluding carboxylic acids is 1. The number of aliphatic carboxylic acids is 1. The third-order valence-corrected chi connectivity index (χ3v) is 4.51. The van der Waals surface area contributed by atoms with E-state index in [1.54, 1.807) is 12.3 Å². The van der Waals surface area contributed by atoms with Gasteiger partial charge in [0.15, 0.2) is 5.78 Å². The molecule has 0 bridgehead atoms. The third-order valence-electron chi connectivity index (χ3n) is 4.51. The van der Waals surface area contributed by atoms with Crippen molar-refractivity contribution < 1.29 is 23.5 Å². The molecule has 6 heteroatoms. The standard InChI is InChI=1S/C20H17F2NO3/c1-2-11-4-3-5-13-16(10-23-19(11)13)15(20(25)26)9-18(24)14-7-6-12(21)8-17(14)22/h3-8,10,15,23H,2,9H2,1H3,(H,25,26). The first kappa shape index (κ1) is 17.8. The molecular weight excluding hydrogens is 340 g/mol. The highest BCUT2D eigenvalue weighted by molar-refractivity contribution is 6.00. The van der Waals surface area contributed by atoms with E-state index in [1.807, 2.05) is 19.1 Å². The van der Waals surface area contributed by atoms with Gasteiger partial charge in [0.1, 0.15) is 11.6 Å². The van der Waals surface area contributed by atoms with Gasteiger partial charge in [0, 0.05) is 29.6 Å². The lowest BCUT2D eigenvalue weighted by Gasteiger charge is -2.12. The molecule has 0 saturated carbocycles. The fraction of sp³-hybridized carbons (Fsp3) is 0.200. The number of carbonyl (C=O) groups is 2. The van der Waals surface area contributed by atoms with E-state index in [-0.39, 0.29) is 5.56 Å². The smallest absolute Gasteiger partial charge is 0.311 e. The Morgan fingerprint density at radius 3 is 2.62 bits per heavy atom. The van der Waals surface area contributed by atoms with E-state index in [4.69, 9.17) is 0 Å². The lowest BCUT2D eigenvalue weighted by atomic mass is 9.90. The Bertz CT molecular complexity index is 994. The highest BCUT2D eigenvalue weighted by Gasteiger charge is 2.28. The molecule has 1 atom stereocenters. The van der Waals surface area contributed by atoms with Gasteiger partial charge in [-0.05, 0) is 29.7 Å². The predicted molar refractivity (Wildman–Crippen MR) is 93.4 cm³/mol. The second-order valence-electron chi connectivity index (χ2n) is 6.08. The average molecular weight is 357 g/mol. The molecule has 0 fully saturated rings. The number of carboxylic acid groups (broad SMARTS) is 1. The molecule has 0 aliphatic carbocycles. The van der Waals surface area contributed by atoms with Gasteiger partial charge in [-0.3, -0.25) is 9.59 Å². The number of Topliss-reactive ketones (excluding diaryl/α,β-unsaturated/α-hetero) is 1. The van der Waals surface area contributed by atoms with Crippen molar-refractivity contribution in [1.82, 2.24) is 4.98 Å². The van der Waals surface area contributed by atoms with Crippen LogP contribution in [0.15, 0.2) is 42.6 Å². The van der Waals surface area contributed by atoms with Crippen molar-refractivity contribution >= 4 is 22.7 Å². The van der Waals surface area contributed by atoms with Crippen LogP contribution in [-0.4, -0.2) is 21.8 Å². The summed E-state index contributed by atoms with van der Waals surface area (Å²) in [7, 11) is 0. The summed E-state index contributed by atoms with van der Waals surface area (Å²) >= 11 is 0. The molecule has 0 radical (unpaired) electrons. The van der Waals surface area contributed by atoms with Crippen molar-refractivity contribution in [3.8, 4) is 0 Å². The molecule has 0 spiro atoms. The summed E-state index contributed by atoms with van der Waals surface area (Å²) in [4.78, 5) is 27.3. The lowest BCUT2D eigenvalue weighted by molar-refractivity contribution is -0.138. The highest BCUT2D eigenvalue weighted by atomic mass is 19.1. The molecule has 3 rings (SSSR count). The number of carboxylic acids is 1. The zero-order valence-electron chi connectivity index (χ0n) is 14.1. The monoisotopic (exact) mass is 357 g/mol. The summed E-state index contributed by atoms with van der Waals surface area (Å²) in [6.45, 7) is 1.99. The topological polar surface area (TPSA) is 70.2 Å². The minimum Gasteiger partial charge on any atom is -0.481 e. The van der Waals surface area contributed by atoms with E-state index in [1.165, 1.54) is 0 Å². The first-order chi connectivity index (χ1) is 12.4. The van der Waals surface area contributed by atoms with Gasteiger partial charge in [-0.25, -0.2) is 8.78 Å². The molecule has 134 valence electrons. The van der Waals surface area contributed by atoms with E-state index >= 15 is 0 Å².